The van der Waals surface area contributed by atoms with Crippen LogP contribution in [0.5, 0.6) is 0 Å². The van der Waals surface area contributed by atoms with Gasteiger partial charge in [-0.1, -0.05) is 12.1 Å². The summed E-state index contributed by atoms with van der Waals surface area (Å²) in [4.78, 5) is 17.0. The van der Waals surface area contributed by atoms with E-state index in [4.69, 9.17) is 5.11 Å². The standard InChI is InChI=1S/C18H17F3N2O3/c19-18(20,21)14-3-1-2-13(11-14)17(26)5-8-23(9-6-17)15-10-12(16(24)25)4-7-22-15/h1-4,7,10-11,26H,5-6,8-9H2,(H,24,25). The first-order valence-electron chi connectivity index (χ1n) is 8.03. The van der Waals surface area contributed by atoms with Gasteiger partial charge in [0, 0.05) is 19.3 Å². The fourth-order valence-corrected chi connectivity index (χ4v) is 3.10. The van der Waals surface area contributed by atoms with Crippen LogP contribution in [0.4, 0.5) is 19.0 Å². The minimum atomic E-state index is -4.46. The molecule has 2 aromatic rings. The van der Waals surface area contributed by atoms with Crippen molar-refractivity contribution in [3.63, 3.8) is 0 Å². The highest BCUT2D eigenvalue weighted by Crippen LogP contribution is 2.37. The van der Waals surface area contributed by atoms with Crippen molar-refractivity contribution >= 4 is 11.8 Å². The molecule has 138 valence electrons. The SMILES string of the molecule is O=C(O)c1ccnc(N2CCC(O)(c3cccc(C(F)(F)F)c3)CC2)c1. The average Bonchev–Trinajstić information content (AvgIpc) is 2.62. The van der Waals surface area contributed by atoms with Crippen LogP contribution < -0.4 is 4.90 Å². The quantitative estimate of drug-likeness (QED) is 0.872. The Kier molecular flexibility index (Phi) is 4.62. The summed E-state index contributed by atoms with van der Waals surface area (Å²) in [6.07, 6.45) is -2.64. The number of carboxylic acid groups (broad SMARTS) is 1. The molecule has 3 rings (SSSR count). The number of aromatic carboxylic acids is 1. The molecule has 0 unspecified atom stereocenters. The van der Waals surface area contributed by atoms with Gasteiger partial charge in [-0.25, -0.2) is 9.78 Å². The molecular weight excluding hydrogens is 349 g/mol. The number of halogens is 3. The fraction of sp³-hybridized carbons (Fsp3) is 0.333. The summed E-state index contributed by atoms with van der Waals surface area (Å²) in [5, 5.41) is 19.9. The first-order valence-corrected chi connectivity index (χ1v) is 8.03. The number of aliphatic hydroxyl groups is 1. The number of alkyl halides is 3. The molecule has 1 aromatic carbocycles. The van der Waals surface area contributed by atoms with Gasteiger partial charge in [0.25, 0.3) is 0 Å². The van der Waals surface area contributed by atoms with E-state index in [1.165, 1.54) is 30.5 Å². The molecule has 8 heteroatoms. The molecule has 1 fully saturated rings. The van der Waals surface area contributed by atoms with E-state index in [1.54, 1.807) is 0 Å². The van der Waals surface area contributed by atoms with Crippen molar-refractivity contribution in [3.8, 4) is 0 Å². The lowest BCUT2D eigenvalue weighted by molar-refractivity contribution is -0.137. The molecule has 5 nitrogen and oxygen atoms in total. The van der Waals surface area contributed by atoms with Crippen LogP contribution in [0.2, 0.25) is 0 Å². The van der Waals surface area contributed by atoms with Crippen LogP contribution in [0, 0.1) is 0 Å². The third-order valence-electron chi connectivity index (χ3n) is 4.63. The van der Waals surface area contributed by atoms with E-state index < -0.39 is 23.3 Å². The summed E-state index contributed by atoms with van der Waals surface area (Å²) >= 11 is 0. The molecular formula is C18H17F3N2O3. The molecule has 1 aliphatic heterocycles. The van der Waals surface area contributed by atoms with Crippen molar-refractivity contribution in [1.82, 2.24) is 4.98 Å². The summed E-state index contributed by atoms with van der Waals surface area (Å²) in [5.74, 6) is -0.595. The Bertz CT molecular complexity index is 815. The third-order valence-corrected chi connectivity index (χ3v) is 4.63. The highest BCUT2D eigenvalue weighted by atomic mass is 19.4. The maximum absolute atomic E-state index is 12.9. The predicted octanol–water partition coefficient (Wildman–Crippen LogP) is 3.29. The monoisotopic (exact) mass is 366 g/mol. The Labute approximate surface area is 147 Å². The average molecular weight is 366 g/mol. The van der Waals surface area contributed by atoms with Crippen molar-refractivity contribution in [1.29, 1.82) is 0 Å². The second kappa shape index (κ2) is 6.60. The maximum atomic E-state index is 12.9. The lowest BCUT2D eigenvalue weighted by atomic mass is 9.83. The van der Waals surface area contributed by atoms with Crippen LogP contribution in [0.3, 0.4) is 0 Å². The zero-order valence-electron chi connectivity index (χ0n) is 13.7. The largest absolute Gasteiger partial charge is 0.478 e. The van der Waals surface area contributed by atoms with Gasteiger partial charge in [-0.05, 0) is 42.7 Å². The van der Waals surface area contributed by atoms with Crippen LogP contribution >= 0.6 is 0 Å². The van der Waals surface area contributed by atoms with E-state index in [1.807, 2.05) is 4.90 Å². The third kappa shape index (κ3) is 3.65. The van der Waals surface area contributed by atoms with Gasteiger partial charge >= 0.3 is 12.1 Å². The first kappa shape index (κ1) is 18.2. The number of piperidine rings is 1. The number of benzene rings is 1. The van der Waals surface area contributed by atoms with Crippen molar-refractivity contribution < 1.29 is 28.2 Å². The summed E-state index contributed by atoms with van der Waals surface area (Å²) in [7, 11) is 0. The van der Waals surface area contributed by atoms with Crippen LogP contribution in [0.15, 0.2) is 42.6 Å². The molecule has 0 radical (unpaired) electrons. The Morgan fingerprint density at radius 1 is 1.15 bits per heavy atom. The number of carbonyl (C=O) groups is 1. The second-order valence-corrected chi connectivity index (χ2v) is 6.31. The van der Waals surface area contributed by atoms with Gasteiger partial charge in [-0.15, -0.1) is 0 Å². The van der Waals surface area contributed by atoms with Gasteiger partial charge in [0.1, 0.15) is 5.82 Å². The molecule has 0 saturated carbocycles. The van der Waals surface area contributed by atoms with E-state index in [-0.39, 0.29) is 24.0 Å². The van der Waals surface area contributed by atoms with Gasteiger partial charge in [0.15, 0.2) is 0 Å². The molecule has 0 atom stereocenters. The summed E-state index contributed by atoms with van der Waals surface area (Å²) in [6, 6.07) is 7.57. The van der Waals surface area contributed by atoms with Gasteiger partial charge < -0.3 is 15.1 Å². The number of carboxylic acids is 1. The normalized spacial score (nSPS) is 17.2. The molecule has 1 aromatic heterocycles. The highest BCUT2D eigenvalue weighted by Gasteiger charge is 2.37. The Morgan fingerprint density at radius 3 is 2.46 bits per heavy atom. The molecule has 1 aliphatic rings. The minimum absolute atomic E-state index is 0.105. The fourth-order valence-electron chi connectivity index (χ4n) is 3.10. The van der Waals surface area contributed by atoms with Crippen molar-refractivity contribution in [2.45, 2.75) is 24.6 Å². The molecule has 1 saturated heterocycles. The van der Waals surface area contributed by atoms with Crippen LogP contribution in [-0.4, -0.2) is 34.3 Å². The van der Waals surface area contributed by atoms with Crippen molar-refractivity contribution in [2.24, 2.45) is 0 Å². The summed E-state index contributed by atoms with van der Waals surface area (Å²) < 4.78 is 38.7. The van der Waals surface area contributed by atoms with Gasteiger partial charge in [-0.3, -0.25) is 0 Å². The lowest BCUT2D eigenvalue weighted by Gasteiger charge is -2.39. The van der Waals surface area contributed by atoms with Crippen molar-refractivity contribution in [2.75, 3.05) is 18.0 Å². The van der Waals surface area contributed by atoms with Gasteiger partial charge in [0.05, 0.1) is 16.7 Å². The number of rotatable bonds is 3. The van der Waals surface area contributed by atoms with E-state index in [0.717, 1.165) is 12.1 Å². The van der Waals surface area contributed by atoms with Crippen molar-refractivity contribution in [3.05, 3.63) is 59.3 Å². The number of pyridine rings is 1. The summed E-state index contributed by atoms with van der Waals surface area (Å²) in [6.45, 7) is 0.700. The second-order valence-electron chi connectivity index (χ2n) is 6.31. The molecule has 0 aliphatic carbocycles. The lowest BCUT2D eigenvalue weighted by Crippen LogP contribution is -2.43. The molecule has 0 spiro atoms. The number of nitrogens with zero attached hydrogens (tertiary/aromatic N) is 2. The number of anilines is 1. The smallest absolute Gasteiger partial charge is 0.416 e. The molecule has 26 heavy (non-hydrogen) atoms. The van der Waals surface area contributed by atoms with E-state index in [9.17, 15) is 23.1 Å². The number of hydrogen-bond acceptors (Lipinski definition) is 4. The van der Waals surface area contributed by atoms with Crippen LogP contribution in [-0.2, 0) is 11.8 Å². The van der Waals surface area contributed by atoms with E-state index >= 15 is 0 Å². The van der Waals surface area contributed by atoms with Gasteiger partial charge in [-0.2, -0.15) is 13.2 Å². The van der Waals surface area contributed by atoms with Crippen LogP contribution in [0.25, 0.3) is 0 Å². The molecule has 0 bridgehead atoms. The van der Waals surface area contributed by atoms with E-state index in [2.05, 4.69) is 4.98 Å². The molecule has 2 heterocycles. The first-order chi connectivity index (χ1) is 12.2. The Hall–Kier alpha value is -2.61. The Balaban J connectivity index is 1.77. The van der Waals surface area contributed by atoms with Gasteiger partial charge in [0.2, 0.25) is 0 Å². The topological polar surface area (TPSA) is 73.7 Å². The zero-order chi connectivity index (χ0) is 18.9. The minimum Gasteiger partial charge on any atom is -0.478 e. The highest BCUT2D eigenvalue weighted by molar-refractivity contribution is 5.88. The number of aromatic nitrogens is 1. The van der Waals surface area contributed by atoms with Crippen LogP contribution in [0.1, 0.15) is 34.3 Å². The predicted molar refractivity (Wildman–Crippen MR) is 88.0 cm³/mol. The molecule has 0 amide bonds. The van der Waals surface area contributed by atoms with E-state index in [0.29, 0.717) is 18.9 Å². The number of hydrogen-bond donors (Lipinski definition) is 2. The maximum Gasteiger partial charge on any atom is 0.416 e. The Morgan fingerprint density at radius 2 is 1.85 bits per heavy atom. The zero-order valence-corrected chi connectivity index (χ0v) is 13.7. The summed E-state index contributed by atoms with van der Waals surface area (Å²) in [5.41, 5.74) is -1.81. The molecule has 2 N–H and O–H groups in total.